The molecular weight excluding hydrogens is 300 g/mol. The third kappa shape index (κ3) is 3.27. The zero-order chi connectivity index (χ0) is 16.9. The van der Waals surface area contributed by atoms with Gasteiger partial charge in [-0.1, -0.05) is 19.4 Å². The van der Waals surface area contributed by atoms with Gasteiger partial charge in [0.25, 0.3) is 5.78 Å². The average molecular weight is 322 g/mol. The molecule has 0 aromatic carbocycles. The van der Waals surface area contributed by atoms with E-state index in [1.54, 1.807) is 16.9 Å². The molecular formula is C18H22N6. The highest BCUT2D eigenvalue weighted by Crippen LogP contribution is 2.22. The van der Waals surface area contributed by atoms with Crippen molar-refractivity contribution in [1.82, 2.24) is 29.9 Å². The largest absolute Gasteiger partial charge is 0.381 e. The molecule has 0 saturated heterocycles. The maximum atomic E-state index is 4.65. The molecule has 0 aliphatic rings. The first-order valence-electron chi connectivity index (χ1n) is 8.27. The summed E-state index contributed by atoms with van der Waals surface area (Å²) in [6.45, 7) is 6.39. The van der Waals surface area contributed by atoms with E-state index < -0.39 is 0 Å². The van der Waals surface area contributed by atoms with Crippen LogP contribution in [0, 0.1) is 0 Å². The fraction of sp³-hybridized carbons (Fsp3) is 0.333. The van der Waals surface area contributed by atoms with Gasteiger partial charge in [-0.2, -0.15) is 14.6 Å². The Kier molecular flexibility index (Phi) is 4.84. The average Bonchev–Trinajstić information content (AvgIpc) is 3.08. The molecule has 3 aromatic rings. The van der Waals surface area contributed by atoms with Gasteiger partial charge in [0, 0.05) is 24.0 Å². The first kappa shape index (κ1) is 16.1. The van der Waals surface area contributed by atoms with E-state index in [-0.39, 0.29) is 0 Å². The fourth-order valence-electron chi connectivity index (χ4n) is 2.75. The van der Waals surface area contributed by atoms with Crippen molar-refractivity contribution >= 4 is 11.5 Å². The molecule has 0 amide bonds. The second kappa shape index (κ2) is 7.21. The number of allylic oxidation sites excluding steroid dienone is 1. The molecule has 24 heavy (non-hydrogen) atoms. The molecule has 1 N–H and O–H groups in total. The Morgan fingerprint density at radius 1 is 1.33 bits per heavy atom. The Morgan fingerprint density at radius 3 is 2.83 bits per heavy atom. The van der Waals surface area contributed by atoms with Crippen LogP contribution >= 0.6 is 0 Å². The van der Waals surface area contributed by atoms with Crippen LogP contribution in [0.25, 0.3) is 22.7 Å². The number of hydrogen-bond donors (Lipinski definition) is 1. The van der Waals surface area contributed by atoms with E-state index in [1.807, 2.05) is 25.1 Å². The molecule has 0 saturated carbocycles. The second-order valence-corrected chi connectivity index (χ2v) is 5.77. The first-order chi connectivity index (χ1) is 11.7. The van der Waals surface area contributed by atoms with Gasteiger partial charge in [-0.25, -0.2) is 4.98 Å². The predicted molar refractivity (Wildman–Crippen MR) is 95.2 cm³/mol. The fourth-order valence-corrected chi connectivity index (χ4v) is 2.75. The van der Waals surface area contributed by atoms with Crippen LogP contribution < -0.4 is 5.32 Å². The van der Waals surface area contributed by atoms with Crippen molar-refractivity contribution in [2.24, 2.45) is 0 Å². The van der Waals surface area contributed by atoms with Crippen LogP contribution in [0.4, 0.5) is 0 Å². The Balaban J connectivity index is 2.06. The van der Waals surface area contributed by atoms with Gasteiger partial charge in [-0.3, -0.25) is 4.98 Å². The molecule has 0 aliphatic carbocycles. The van der Waals surface area contributed by atoms with E-state index in [2.05, 4.69) is 45.3 Å². The Hall–Kier alpha value is -2.76. The van der Waals surface area contributed by atoms with Crippen molar-refractivity contribution in [2.45, 2.75) is 39.7 Å². The van der Waals surface area contributed by atoms with Crippen LogP contribution in [-0.4, -0.2) is 30.6 Å². The monoisotopic (exact) mass is 322 g/mol. The van der Waals surface area contributed by atoms with Gasteiger partial charge in [0.05, 0.1) is 17.1 Å². The summed E-state index contributed by atoms with van der Waals surface area (Å²) in [6.07, 6.45) is 9.38. The lowest BCUT2D eigenvalue weighted by molar-refractivity contribution is 0.586. The standard InChI is InChI=1S/C18H22N6/c1-4-6-13(3)22-15(5-2)16-11-17(14-7-9-19-10-8-14)24-18(23-16)20-12-21-24/h5,7-13,22H,4,6H2,1-3H3/b15-5-. The van der Waals surface area contributed by atoms with Crippen LogP contribution in [0.2, 0.25) is 0 Å². The van der Waals surface area contributed by atoms with Gasteiger partial charge in [-0.05, 0) is 38.5 Å². The van der Waals surface area contributed by atoms with Crippen LogP contribution in [0.3, 0.4) is 0 Å². The topological polar surface area (TPSA) is 68.0 Å². The first-order valence-corrected chi connectivity index (χ1v) is 8.27. The molecule has 0 aliphatic heterocycles. The summed E-state index contributed by atoms with van der Waals surface area (Å²) in [7, 11) is 0. The molecule has 6 nitrogen and oxygen atoms in total. The number of hydrogen-bond acceptors (Lipinski definition) is 5. The van der Waals surface area contributed by atoms with Crippen molar-refractivity contribution in [3.8, 4) is 11.3 Å². The number of pyridine rings is 1. The van der Waals surface area contributed by atoms with E-state index in [0.717, 1.165) is 35.5 Å². The van der Waals surface area contributed by atoms with Crippen molar-refractivity contribution < 1.29 is 0 Å². The van der Waals surface area contributed by atoms with E-state index in [4.69, 9.17) is 0 Å². The molecule has 0 bridgehead atoms. The third-order valence-electron chi connectivity index (χ3n) is 3.92. The predicted octanol–water partition coefficient (Wildman–Crippen LogP) is 3.33. The molecule has 3 aromatic heterocycles. The molecule has 1 atom stereocenters. The minimum Gasteiger partial charge on any atom is -0.381 e. The summed E-state index contributed by atoms with van der Waals surface area (Å²) in [5, 5.41) is 7.84. The van der Waals surface area contributed by atoms with Crippen LogP contribution in [0.15, 0.2) is 43.0 Å². The second-order valence-electron chi connectivity index (χ2n) is 5.77. The van der Waals surface area contributed by atoms with E-state index in [1.165, 1.54) is 6.33 Å². The summed E-state index contributed by atoms with van der Waals surface area (Å²) in [5.74, 6) is 0.587. The van der Waals surface area contributed by atoms with Gasteiger partial charge in [-0.15, -0.1) is 0 Å². The SMILES string of the molecule is C/C=C(\NC(C)CCC)c1cc(-c2ccncc2)n2ncnc2n1. The molecule has 0 fully saturated rings. The maximum Gasteiger partial charge on any atom is 0.253 e. The molecule has 3 heterocycles. The Labute approximate surface area is 141 Å². The van der Waals surface area contributed by atoms with Crippen LogP contribution in [-0.2, 0) is 0 Å². The molecule has 1 unspecified atom stereocenters. The van der Waals surface area contributed by atoms with Crippen molar-refractivity contribution in [2.75, 3.05) is 0 Å². The number of fused-ring (bicyclic) bond motifs is 1. The summed E-state index contributed by atoms with van der Waals surface area (Å²) in [4.78, 5) is 13.0. The summed E-state index contributed by atoms with van der Waals surface area (Å²) in [6, 6.07) is 6.35. The van der Waals surface area contributed by atoms with Crippen LogP contribution in [0.1, 0.15) is 39.3 Å². The van der Waals surface area contributed by atoms with E-state index in [9.17, 15) is 0 Å². The molecule has 0 radical (unpaired) electrons. The minimum atomic E-state index is 0.390. The van der Waals surface area contributed by atoms with Gasteiger partial charge < -0.3 is 5.32 Å². The van der Waals surface area contributed by atoms with E-state index in [0.29, 0.717) is 11.8 Å². The highest BCUT2D eigenvalue weighted by atomic mass is 15.3. The van der Waals surface area contributed by atoms with Gasteiger partial charge >= 0.3 is 0 Å². The van der Waals surface area contributed by atoms with Gasteiger partial charge in [0.1, 0.15) is 6.33 Å². The zero-order valence-electron chi connectivity index (χ0n) is 14.3. The Bertz CT molecular complexity index is 837. The molecule has 0 spiro atoms. The lowest BCUT2D eigenvalue weighted by Gasteiger charge is -2.17. The van der Waals surface area contributed by atoms with Crippen LogP contribution in [0.5, 0.6) is 0 Å². The molecule has 3 rings (SSSR count). The number of rotatable bonds is 6. The summed E-state index contributed by atoms with van der Waals surface area (Å²) in [5.41, 5.74) is 3.85. The van der Waals surface area contributed by atoms with Crippen molar-refractivity contribution in [3.63, 3.8) is 0 Å². The van der Waals surface area contributed by atoms with Crippen molar-refractivity contribution in [1.29, 1.82) is 0 Å². The molecule has 124 valence electrons. The van der Waals surface area contributed by atoms with Gasteiger partial charge in [0.15, 0.2) is 0 Å². The Morgan fingerprint density at radius 2 is 2.12 bits per heavy atom. The van der Waals surface area contributed by atoms with Crippen molar-refractivity contribution in [3.05, 3.63) is 48.7 Å². The summed E-state index contributed by atoms with van der Waals surface area (Å²) < 4.78 is 1.75. The minimum absolute atomic E-state index is 0.390. The highest BCUT2D eigenvalue weighted by molar-refractivity contribution is 5.69. The smallest absolute Gasteiger partial charge is 0.253 e. The normalized spacial score (nSPS) is 13.2. The molecule has 6 heteroatoms. The van der Waals surface area contributed by atoms with E-state index >= 15 is 0 Å². The third-order valence-corrected chi connectivity index (χ3v) is 3.92. The zero-order valence-corrected chi connectivity index (χ0v) is 14.3. The maximum absolute atomic E-state index is 4.65. The number of aromatic nitrogens is 5. The number of nitrogens with zero attached hydrogens (tertiary/aromatic N) is 5. The summed E-state index contributed by atoms with van der Waals surface area (Å²) >= 11 is 0. The quantitative estimate of drug-likeness (QED) is 0.754. The lowest BCUT2D eigenvalue weighted by atomic mass is 10.1. The number of nitrogens with one attached hydrogen (secondary N) is 1. The lowest BCUT2D eigenvalue weighted by Crippen LogP contribution is -2.24. The van der Waals surface area contributed by atoms with Gasteiger partial charge in [0.2, 0.25) is 0 Å². The highest BCUT2D eigenvalue weighted by Gasteiger charge is 2.13.